The number of nitrogens with one attached hydrogen (secondary N) is 1. The van der Waals surface area contributed by atoms with Crippen molar-refractivity contribution >= 4 is 73.1 Å². The summed E-state index contributed by atoms with van der Waals surface area (Å²) in [6.45, 7) is 4.00. The maximum absolute atomic E-state index is 13.2. The summed E-state index contributed by atoms with van der Waals surface area (Å²) >= 11 is 13.2. The fraction of sp³-hybridized carbons (Fsp3) is 0.115. The third-order valence-electron chi connectivity index (χ3n) is 5.23. The second-order valence-electron chi connectivity index (χ2n) is 8.00. The van der Waals surface area contributed by atoms with Crippen LogP contribution in [0.25, 0.3) is 6.08 Å². The van der Waals surface area contributed by atoms with Gasteiger partial charge in [-0.3, -0.25) is 14.9 Å². The number of anilines is 1. The van der Waals surface area contributed by atoms with E-state index in [-0.39, 0.29) is 12.2 Å². The first-order valence-corrected chi connectivity index (χ1v) is 12.5. The van der Waals surface area contributed by atoms with Crippen molar-refractivity contribution in [1.82, 2.24) is 5.32 Å². The number of barbiturate groups is 1. The second-order valence-corrected chi connectivity index (χ2v) is 10.1. The van der Waals surface area contributed by atoms with Crippen LogP contribution >= 0.6 is 43.5 Å². The number of nitrogens with zero attached hydrogens (tertiary/aromatic N) is 1. The first-order chi connectivity index (χ1) is 16.6. The molecule has 0 radical (unpaired) electrons. The molecule has 0 aliphatic carbocycles. The number of rotatable bonds is 5. The summed E-state index contributed by atoms with van der Waals surface area (Å²) in [5.74, 6) is -0.916. The Balaban J connectivity index is 1.63. The number of imide groups is 2. The minimum Gasteiger partial charge on any atom is -0.486 e. The smallest absolute Gasteiger partial charge is 0.335 e. The molecule has 0 unspecified atom stereocenters. The van der Waals surface area contributed by atoms with Crippen molar-refractivity contribution in [2.24, 2.45) is 0 Å². The van der Waals surface area contributed by atoms with E-state index in [1.54, 1.807) is 30.3 Å². The van der Waals surface area contributed by atoms with Gasteiger partial charge in [0.25, 0.3) is 11.8 Å². The molecule has 1 fully saturated rings. The summed E-state index contributed by atoms with van der Waals surface area (Å²) in [5.41, 5.74) is 3.41. The van der Waals surface area contributed by atoms with Crippen LogP contribution in [0.1, 0.15) is 22.3 Å². The van der Waals surface area contributed by atoms with Crippen LogP contribution in [0.15, 0.2) is 69.1 Å². The molecule has 0 spiro atoms. The van der Waals surface area contributed by atoms with Gasteiger partial charge in [0, 0.05) is 10.6 Å². The number of aryl methyl sites for hydroxylation is 2. The van der Waals surface area contributed by atoms with Crippen molar-refractivity contribution < 1.29 is 19.1 Å². The van der Waals surface area contributed by atoms with Crippen molar-refractivity contribution in [3.05, 3.63) is 96.4 Å². The summed E-state index contributed by atoms with van der Waals surface area (Å²) in [6, 6.07) is 15.4. The minimum atomic E-state index is -0.784. The molecule has 1 saturated heterocycles. The van der Waals surface area contributed by atoms with Crippen molar-refractivity contribution in [3.63, 3.8) is 0 Å². The number of hydrogen-bond donors (Lipinski definition) is 1. The van der Waals surface area contributed by atoms with E-state index in [4.69, 9.17) is 16.3 Å². The zero-order valence-electron chi connectivity index (χ0n) is 18.7. The third kappa shape index (κ3) is 5.50. The number of halogens is 3. The van der Waals surface area contributed by atoms with E-state index in [0.717, 1.165) is 21.6 Å². The molecule has 0 saturated carbocycles. The predicted molar refractivity (Wildman–Crippen MR) is 143 cm³/mol. The Kier molecular flexibility index (Phi) is 7.44. The van der Waals surface area contributed by atoms with Gasteiger partial charge in [-0.15, -0.1) is 0 Å². The summed E-state index contributed by atoms with van der Waals surface area (Å²) in [7, 11) is 0. The molecular formula is C26H19Br2ClN2O4. The van der Waals surface area contributed by atoms with Gasteiger partial charge in [-0.2, -0.15) is 0 Å². The largest absolute Gasteiger partial charge is 0.486 e. The average molecular weight is 619 g/mol. The molecule has 1 aliphatic rings. The fourth-order valence-electron chi connectivity index (χ4n) is 3.70. The topological polar surface area (TPSA) is 75.7 Å². The Morgan fingerprint density at radius 3 is 2.23 bits per heavy atom. The highest BCUT2D eigenvalue weighted by atomic mass is 79.9. The Morgan fingerprint density at radius 2 is 1.60 bits per heavy atom. The standard InChI is InChI=1S/C26H19Br2ClN2O4/c1-14-7-15(2)9-18(8-14)31-25(33)19(24(32)30-26(31)34)10-16-11-20(27)23(21(28)12-16)35-13-17-5-3-4-6-22(17)29/h3-12H,13H2,1-2H3,(H,30,32,34)/b19-10+. The molecule has 1 N–H and O–H groups in total. The van der Waals surface area contributed by atoms with Gasteiger partial charge in [-0.1, -0.05) is 35.9 Å². The lowest BCUT2D eigenvalue weighted by Gasteiger charge is -2.27. The third-order valence-corrected chi connectivity index (χ3v) is 6.77. The zero-order chi connectivity index (χ0) is 25.3. The summed E-state index contributed by atoms with van der Waals surface area (Å²) in [6.07, 6.45) is 1.44. The first-order valence-electron chi connectivity index (χ1n) is 10.5. The first kappa shape index (κ1) is 25.2. The van der Waals surface area contributed by atoms with Crippen LogP contribution in [-0.4, -0.2) is 17.8 Å². The van der Waals surface area contributed by atoms with Crippen molar-refractivity contribution in [3.8, 4) is 5.75 Å². The van der Waals surface area contributed by atoms with Crippen LogP contribution in [-0.2, 0) is 16.2 Å². The van der Waals surface area contributed by atoms with Crippen LogP contribution in [0.2, 0.25) is 5.02 Å². The Labute approximate surface area is 224 Å². The molecule has 0 aromatic heterocycles. The number of benzene rings is 3. The van der Waals surface area contributed by atoms with Crippen molar-refractivity contribution in [2.45, 2.75) is 20.5 Å². The maximum atomic E-state index is 13.2. The molecule has 1 heterocycles. The summed E-state index contributed by atoms with van der Waals surface area (Å²) in [5, 5.41) is 2.85. The van der Waals surface area contributed by atoms with Gasteiger partial charge in [0.15, 0.2) is 0 Å². The Bertz CT molecular complexity index is 1360. The highest BCUT2D eigenvalue weighted by molar-refractivity contribution is 9.11. The molecule has 178 valence electrons. The molecule has 35 heavy (non-hydrogen) atoms. The molecular weight excluding hydrogens is 600 g/mol. The van der Waals surface area contributed by atoms with Gasteiger partial charge < -0.3 is 4.74 Å². The fourth-order valence-corrected chi connectivity index (χ4v) is 5.35. The molecule has 9 heteroatoms. The minimum absolute atomic E-state index is 0.160. The highest BCUT2D eigenvalue weighted by Gasteiger charge is 2.37. The van der Waals surface area contributed by atoms with Gasteiger partial charge in [-0.05, 0) is 98.8 Å². The van der Waals surface area contributed by atoms with E-state index in [1.165, 1.54) is 6.08 Å². The van der Waals surface area contributed by atoms with Crippen LogP contribution < -0.4 is 15.0 Å². The molecule has 4 rings (SSSR count). The van der Waals surface area contributed by atoms with E-state index in [1.807, 2.05) is 38.1 Å². The maximum Gasteiger partial charge on any atom is 0.335 e. The van der Waals surface area contributed by atoms with Gasteiger partial charge in [-0.25, -0.2) is 9.69 Å². The molecule has 1 aliphatic heterocycles. The molecule has 3 aromatic rings. The van der Waals surface area contributed by atoms with Gasteiger partial charge in [0.1, 0.15) is 17.9 Å². The zero-order valence-corrected chi connectivity index (χ0v) is 22.6. The van der Waals surface area contributed by atoms with Gasteiger partial charge >= 0.3 is 6.03 Å². The highest BCUT2D eigenvalue weighted by Crippen LogP contribution is 2.36. The van der Waals surface area contributed by atoms with E-state index in [2.05, 4.69) is 37.2 Å². The lowest BCUT2D eigenvalue weighted by atomic mass is 10.1. The number of carbonyl (C=O) groups excluding carboxylic acids is 3. The SMILES string of the molecule is Cc1cc(C)cc(N2C(=O)NC(=O)/C(=C\c3cc(Br)c(OCc4ccccc4Cl)c(Br)c3)C2=O)c1. The summed E-state index contributed by atoms with van der Waals surface area (Å²) in [4.78, 5) is 39.2. The van der Waals surface area contributed by atoms with Gasteiger partial charge in [0.05, 0.1) is 14.6 Å². The van der Waals surface area contributed by atoms with Crippen LogP contribution in [0.3, 0.4) is 0 Å². The summed E-state index contributed by atoms with van der Waals surface area (Å²) < 4.78 is 7.15. The average Bonchev–Trinajstić information content (AvgIpc) is 2.76. The quantitative estimate of drug-likeness (QED) is 0.254. The van der Waals surface area contributed by atoms with Crippen molar-refractivity contribution in [2.75, 3.05) is 4.90 Å². The van der Waals surface area contributed by atoms with E-state index in [9.17, 15) is 14.4 Å². The molecule has 3 aromatic carbocycles. The van der Waals surface area contributed by atoms with Crippen molar-refractivity contribution in [1.29, 1.82) is 0 Å². The van der Waals surface area contributed by atoms with Crippen LogP contribution in [0, 0.1) is 13.8 Å². The number of hydrogen-bond acceptors (Lipinski definition) is 4. The number of urea groups is 1. The number of carbonyl (C=O) groups is 3. The van der Waals surface area contributed by atoms with E-state index in [0.29, 0.717) is 31.0 Å². The Hall–Kier alpha value is -2.94. The molecule has 6 nitrogen and oxygen atoms in total. The second kappa shape index (κ2) is 10.4. The van der Waals surface area contributed by atoms with E-state index < -0.39 is 17.8 Å². The predicted octanol–water partition coefficient (Wildman–Crippen LogP) is 6.73. The van der Waals surface area contributed by atoms with E-state index >= 15 is 0 Å². The molecule has 0 bridgehead atoms. The lowest BCUT2D eigenvalue weighted by molar-refractivity contribution is -0.122. The lowest BCUT2D eigenvalue weighted by Crippen LogP contribution is -2.54. The number of amides is 4. The van der Waals surface area contributed by atoms with Gasteiger partial charge in [0.2, 0.25) is 0 Å². The molecule has 0 atom stereocenters. The van der Waals surface area contributed by atoms with Crippen LogP contribution in [0.5, 0.6) is 5.75 Å². The number of ether oxygens (including phenoxy) is 1. The normalized spacial score (nSPS) is 14.9. The monoisotopic (exact) mass is 616 g/mol. The van der Waals surface area contributed by atoms with Crippen LogP contribution in [0.4, 0.5) is 10.5 Å². The molecule has 4 amide bonds. The Morgan fingerprint density at radius 1 is 0.971 bits per heavy atom.